The van der Waals surface area contributed by atoms with Crippen molar-refractivity contribution in [2.75, 3.05) is 5.32 Å². The summed E-state index contributed by atoms with van der Waals surface area (Å²) in [4.78, 5) is 16.6. The summed E-state index contributed by atoms with van der Waals surface area (Å²) in [6.07, 6.45) is 1.97. The Bertz CT molecular complexity index is 1290. The van der Waals surface area contributed by atoms with E-state index < -0.39 is 33.6 Å². The molecule has 2 aromatic carbocycles. The van der Waals surface area contributed by atoms with Gasteiger partial charge in [0.2, 0.25) is 27.6 Å². The number of benzene rings is 2. The number of carbonyl (C=O) groups is 1. The van der Waals surface area contributed by atoms with Crippen LogP contribution in [-0.4, -0.2) is 30.5 Å². The Kier molecular flexibility index (Phi) is 5.78. The molecule has 11 heteroatoms. The maximum atomic E-state index is 13.8. The van der Waals surface area contributed by atoms with Crippen molar-refractivity contribution < 1.29 is 26.5 Å². The lowest BCUT2D eigenvalue weighted by molar-refractivity contribution is -0.117. The van der Waals surface area contributed by atoms with Crippen LogP contribution < -0.4 is 10.0 Å². The smallest absolute Gasteiger partial charge is 0.242 e. The van der Waals surface area contributed by atoms with Gasteiger partial charge in [-0.05, 0) is 50.5 Å². The third-order valence-electron chi connectivity index (χ3n) is 5.02. The van der Waals surface area contributed by atoms with E-state index in [1.165, 1.54) is 13.0 Å². The van der Waals surface area contributed by atoms with Crippen molar-refractivity contribution in [3.8, 4) is 11.4 Å². The number of carbonyl (C=O) groups excluding carboxylic acids is 1. The van der Waals surface area contributed by atoms with Crippen LogP contribution in [0.1, 0.15) is 37.1 Å². The minimum Gasteiger partial charge on any atom is -0.339 e. The molecule has 0 aliphatic heterocycles. The van der Waals surface area contributed by atoms with Gasteiger partial charge < -0.3 is 9.84 Å². The van der Waals surface area contributed by atoms with Crippen molar-refractivity contribution in [1.29, 1.82) is 0 Å². The molecule has 1 atom stereocenters. The summed E-state index contributed by atoms with van der Waals surface area (Å²) in [6.45, 7) is 2.93. The van der Waals surface area contributed by atoms with E-state index in [9.17, 15) is 22.0 Å². The first kappa shape index (κ1) is 22.0. The molecule has 1 aliphatic carbocycles. The number of hydrogen-bond acceptors (Lipinski definition) is 6. The van der Waals surface area contributed by atoms with Crippen LogP contribution in [0.3, 0.4) is 0 Å². The van der Waals surface area contributed by atoms with Gasteiger partial charge in [-0.2, -0.15) is 9.71 Å². The second-order valence-electron chi connectivity index (χ2n) is 7.67. The second-order valence-corrected chi connectivity index (χ2v) is 9.35. The fourth-order valence-corrected chi connectivity index (χ4v) is 4.53. The first-order chi connectivity index (χ1) is 15.1. The average Bonchev–Trinajstić information content (AvgIpc) is 3.47. The van der Waals surface area contributed by atoms with Gasteiger partial charge in [0.25, 0.3) is 0 Å². The first-order valence-corrected chi connectivity index (χ1v) is 11.4. The molecule has 4 rings (SSSR count). The highest BCUT2D eigenvalue weighted by Gasteiger charge is 2.30. The van der Waals surface area contributed by atoms with Gasteiger partial charge in [0.15, 0.2) is 0 Å². The highest BCUT2D eigenvalue weighted by atomic mass is 32.2. The third kappa shape index (κ3) is 4.68. The quantitative estimate of drug-likeness (QED) is 0.556. The molecule has 1 unspecified atom stereocenters. The van der Waals surface area contributed by atoms with Crippen LogP contribution in [0.2, 0.25) is 0 Å². The van der Waals surface area contributed by atoms with E-state index >= 15 is 0 Å². The molecule has 1 fully saturated rings. The highest BCUT2D eigenvalue weighted by molar-refractivity contribution is 7.89. The molecule has 0 radical (unpaired) electrons. The maximum absolute atomic E-state index is 13.8. The Labute approximate surface area is 183 Å². The Morgan fingerprint density at radius 3 is 2.62 bits per heavy atom. The fraction of sp³-hybridized carbons (Fsp3) is 0.286. The van der Waals surface area contributed by atoms with E-state index in [4.69, 9.17) is 4.52 Å². The number of rotatable bonds is 7. The number of aryl methyl sites for hydroxylation is 1. The molecule has 0 spiro atoms. The number of sulfonamides is 1. The Morgan fingerprint density at radius 1 is 1.19 bits per heavy atom. The predicted molar refractivity (Wildman–Crippen MR) is 111 cm³/mol. The summed E-state index contributed by atoms with van der Waals surface area (Å²) in [7, 11) is -4.12. The van der Waals surface area contributed by atoms with Gasteiger partial charge in [-0.1, -0.05) is 17.3 Å². The molecule has 0 bridgehead atoms. The van der Waals surface area contributed by atoms with E-state index in [0.29, 0.717) is 23.1 Å². The standard InChI is InChI=1S/C21H20F2N4O4S/c1-11-3-4-14(19-25-21(31-26-19)13-5-6-13)9-18(11)32(29,30)27-12(2)20(28)24-17-8-7-15(22)10-16(17)23/h3-4,7-10,12-13,27H,5-6H2,1-2H3,(H,24,28). The van der Waals surface area contributed by atoms with Crippen LogP contribution in [0.5, 0.6) is 0 Å². The summed E-state index contributed by atoms with van der Waals surface area (Å²) >= 11 is 0. The lowest BCUT2D eigenvalue weighted by Crippen LogP contribution is -2.41. The van der Waals surface area contributed by atoms with E-state index in [0.717, 1.165) is 25.0 Å². The Balaban J connectivity index is 1.52. The molecule has 0 saturated heterocycles. The van der Waals surface area contributed by atoms with E-state index in [1.54, 1.807) is 19.1 Å². The molecule has 1 amide bonds. The van der Waals surface area contributed by atoms with Crippen LogP contribution in [0.15, 0.2) is 45.8 Å². The molecule has 3 aromatic rings. The predicted octanol–water partition coefficient (Wildman–Crippen LogP) is 3.51. The minimum atomic E-state index is -4.12. The molecule has 8 nitrogen and oxygen atoms in total. The van der Waals surface area contributed by atoms with Crippen molar-refractivity contribution >= 4 is 21.6 Å². The Hall–Kier alpha value is -3.18. The van der Waals surface area contributed by atoms with Gasteiger partial charge in [-0.25, -0.2) is 17.2 Å². The van der Waals surface area contributed by atoms with Gasteiger partial charge in [-0.15, -0.1) is 0 Å². The summed E-state index contributed by atoms with van der Waals surface area (Å²) in [6, 6.07) is 6.11. The SMILES string of the molecule is Cc1ccc(-c2noc(C3CC3)n2)cc1S(=O)(=O)NC(C)C(=O)Nc1ccc(F)cc1F. The normalized spacial score (nSPS) is 14.9. The Morgan fingerprint density at radius 2 is 1.94 bits per heavy atom. The summed E-state index contributed by atoms with van der Waals surface area (Å²) in [5, 5.41) is 6.17. The number of anilines is 1. The monoisotopic (exact) mass is 462 g/mol. The molecule has 2 N–H and O–H groups in total. The molecule has 32 heavy (non-hydrogen) atoms. The molecule has 1 aliphatic rings. The minimum absolute atomic E-state index is 0.0552. The first-order valence-electron chi connectivity index (χ1n) is 9.87. The number of nitrogens with one attached hydrogen (secondary N) is 2. The largest absolute Gasteiger partial charge is 0.339 e. The molecule has 168 valence electrons. The lowest BCUT2D eigenvalue weighted by Gasteiger charge is -2.16. The van der Waals surface area contributed by atoms with Gasteiger partial charge in [0.05, 0.1) is 16.6 Å². The number of halogens is 2. The van der Waals surface area contributed by atoms with Crippen molar-refractivity contribution in [2.24, 2.45) is 0 Å². The maximum Gasteiger partial charge on any atom is 0.242 e. The zero-order chi connectivity index (χ0) is 23.0. The summed E-state index contributed by atoms with van der Waals surface area (Å²) < 4.78 is 60.2. The van der Waals surface area contributed by atoms with E-state index in [-0.39, 0.29) is 22.3 Å². The number of nitrogens with zero attached hydrogens (tertiary/aromatic N) is 2. The van der Waals surface area contributed by atoms with Crippen LogP contribution in [0.4, 0.5) is 14.5 Å². The van der Waals surface area contributed by atoms with Gasteiger partial charge >= 0.3 is 0 Å². The molecule has 1 aromatic heterocycles. The number of amides is 1. The van der Waals surface area contributed by atoms with Crippen LogP contribution in [0.25, 0.3) is 11.4 Å². The fourth-order valence-electron chi connectivity index (χ4n) is 3.06. The van der Waals surface area contributed by atoms with Gasteiger partial charge in [-0.3, -0.25) is 4.79 Å². The van der Waals surface area contributed by atoms with Crippen molar-refractivity contribution in [1.82, 2.24) is 14.9 Å². The average molecular weight is 462 g/mol. The number of aromatic nitrogens is 2. The molecular weight excluding hydrogens is 442 g/mol. The zero-order valence-corrected chi connectivity index (χ0v) is 18.0. The third-order valence-corrected chi connectivity index (χ3v) is 6.70. The van der Waals surface area contributed by atoms with E-state index in [1.807, 2.05) is 0 Å². The molecular formula is C21H20F2N4O4S. The van der Waals surface area contributed by atoms with Crippen molar-refractivity contribution in [3.05, 3.63) is 59.5 Å². The highest BCUT2D eigenvalue weighted by Crippen LogP contribution is 2.39. The van der Waals surface area contributed by atoms with Gasteiger partial charge in [0.1, 0.15) is 11.6 Å². The van der Waals surface area contributed by atoms with Crippen molar-refractivity contribution in [3.63, 3.8) is 0 Å². The van der Waals surface area contributed by atoms with Crippen LogP contribution in [0, 0.1) is 18.6 Å². The summed E-state index contributed by atoms with van der Waals surface area (Å²) in [5.41, 5.74) is 0.644. The van der Waals surface area contributed by atoms with Crippen LogP contribution in [-0.2, 0) is 14.8 Å². The van der Waals surface area contributed by atoms with Crippen LogP contribution >= 0.6 is 0 Å². The van der Waals surface area contributed by atoms with E-state index in [2.05, 4.69) is 20.2 Å². The van der Waals surface area contributed by atoms with Gasteiger partial charge in [0, 0.05) is 17.5 Å². The number of hydrogen-bond donors (Lipinski definition) is 2. The summed E-state index contributed by atoms with van der Waals surface area (Å²) in [5.74, 6) is -1.50. The lowest BCUT2D eigenvalue weighted by atomic mass is 10.1. The van der Waals surface area contributed by atoms with Crippen molar-refractivity contribution in [2.45, 2.75) is 43.5 Å². The topological polar surface area (TPSA) is 114 Å². The zero-order valence-electron chi connectivity index (χ0n) is 17.2. The molecule has 1 saturated carbocycles. The second kappa shape index (κ2) is 8.40. The molecule has 1 heterocycles.